The fourth-order valence-corrected chi connectivity index (χ4v) is 2.11. The first-order chi connectivity index (χ1) is 7.43. The second kappa shape index (κ2) is 8.03. The van der Waals surface area contributed by atoms with Gasteiger partial charge in [-0.05, 0) is 26.3 Å². The molecular weight excluding hydrogens is 226 g/mol. The van der Waals surface area contributed by atoms with E-state index in [-0.39, 0.29) is 6.04 Å². The van der Waals surface area contributed by atoms with Crippen LogP contribution in [0, 0.1) is 0 Å². The highest BCUT2D eigenvalue weighted by Gasteiger charge is 2.25. The highest BCUT2D eigenvalue weighted by molar-refractivity contribution is 7.91. The number of hydrogen-bond donors (Lipinski definition) is 1. The minimum Gasteiger partial charge on any atom is -0.380 e. The third-order valence-electron chi connectivity index (χ3n) is 2.54. The molecule has 0 rings (SSSR count). The van der Waals surface area contributed by atoms with Gasteiger partial charge in [0.15, 0.2) is 9.84 Å². The summed E-state index contributed by atoms with van der Waals surface area (Å²) in [6.07, 6.45) is 3.21. The molecule has 98 valence electrons. The lowest BCUT2D eigenvalue weighted by atomic mass is 10.2. The summed E-state index contributed by atoms with van der Waals surface area (Å²) >= 11 is 0. The Morgan fingerprint density at radius 3 is 2.31 bits per heavy atom. The maximum atomic E-state index is 11.5. The number of nitrogens with one attached hydrogen (secondary N) is 1. The molecule has 0 aromatic heterocycles. The third kappa shape index (κ3) is 6.45. The Labute approximate surface area is 99.7 Å². The Hall–Kier alpha value is -0.130. The van der Waals surface area contributed by atoms with Gasteiger partial charge in [-0.3, -0.25) is 0 Å². The van der Waals surface area contributed by atoms with Crippen LogP contribution in [0.1, 0.15) is 33.6 Å². The van der Waals surface area contributed by atoms with Crippen molar-refractivity contribution in [1.29, 1.82) is 0 Å². The molecule has 0 aromatic carbocycles. The molecule has 5 heteroatoms. The molecule has 1 N–H and O–H groups in total. The molecule has 0 amide bonds. The van der Waals surface area contributed by atoms with E-state index in [9.17, 15) is 8.42 Å². The predicted molar refractivity (Wildman–Crippen MR) is 67.5 cm³/mol. The van der Waals surface area contributed by atoms with Crippen LogP contribution in [0.3, 0.4) is 0 Å². The molecule has 0 saturated heterocycles. The lowest BCUT2D eigenvalue weighted by Crippen LogP contribution is -2.45. The van der Waals surface area contributed by atoms with Gasteiger partial charge in [0.1, 0.15) is 0 Å². The second-order valence-corrected chi connectivity index (χ2v) is 6.57. The van der Waals surface area contributed by atoms with Crippen LogP contribution in [-0.2, 0) is 14.6 Å². The molecule has 0 heterocycles. The maximum absolute atomic E-state index is 11.5. The highest BCUT2D eigenvalue weighted by atomic mass is 32.2. The Morgan fingerprint density at radius 1 is 1.25 bits per heavy atom. The summed E-state index contributed by atoms with van der Waals surface area (Å²) in [5.41, 5.74) is 0. The van der Waals surface area contributed by atoms with Crippen molar-refractivity contribution in [1.82, 2.24) is 5.32 Å². The van der Waals surface area contributed by atoms with Crippen molar-refractivity contribution >= 4 is 9.84 Å². The summed E-state index contributed by atoms with van der Waals surface area (Å²) in [4.78, 5) is 0. The minimum absolute atomic E-state index is 0.110. The Morgan fingerprint density at radius 2 is 1.88 bits per heavy atom. The average Bonchev–Trinajstić information content (AvgIpc) is 2.21. The molecule has 0 aromatic rings. The van der Waals surface area contributed by atoms with Crippen molar-refractivity contribution in [3.8, 4) is 0 Å². The van der Waals surface area contributed by atoms with Crippen LogP contribution >= 0.6 is 0 Å². The van der Waals surface area contributed by atoms with Gasteiger partial charge in [0.05, 0.1) is 11.9 Å². The molecule has 0 aliphatic rings. The van der Waals surface area contributed by atoms with E-state index in [1.807, 2.05) is 6.92 Å². The van der Waals surface area contributed by atoms with Gasteiger partial charge in [-0.2, -0.15) is 0 Å². The summed E-state index contributed by atoms with van der Waals surface area (Å²) in [7, 11) is -3.01. The Bertz CT molecular complexity index is 264. The molecule has 0 saturated carbocycles. The fraction of sp³-hybridized carbons (Fsp3) is 1.00. The van der Waals surface area contributed by atoms with Crippen LogP contribution in [-0.4, -0.2) is 45.7 Å². The summed E-state index contributed by atoms with van der Waals surface area (Å²) in [6, 6.07) is -0.110. The van der Waals surface area contributed by atoms with E-state index in [4.69, 9.17) is 4.74 Å². The summed E-state index contributed by atoms with van der Waals surface area (Å²) < 4.78 is 28.4. The quantitative estimate of drug-likeness (QED) is 0.626. The first-order valence-corrected chi connectivity index (χ1v) is 7.88. The minimum atomic E-state index is -3.01. The number of sulfone groups is 1. The van der Waals surface area contributed by atoms with Crippen molar-refractivity contribution < 1.29 is 13.2 Å². The molecule has 2 unspecified atom stereocenters. The van der Waals surface area contributed by atoms with Crippen LogP contribution in [0.5, 0.6) is 0 Å². The smallest absolute Gasteiger partial charge is 0.151 e. The number of rotatable bonds is 9. The monoisotopic (exact) mass is 251 g/mol. The number of ether oxygens (including phenoxy) is 1. The van der Waals surface area contributed by atoms with Crippen LogP contribution < -0.4 is 5.32 Å². The van der Waals surface area contributed by atoms with Crippen molar-refractivity contribution in [3.05, 3.63) is 0 Å². The molecule has 0 radical (unpaired) electrons. The van der Waals surface area contributed by atoms with Crippen LogP contribution in [0.2, 0.25) is 0 Å². The largest absolute Gasteiger partial charge is 0.380 e. The topological polar surface area (TPSA) is 55.4 Å². The van der Waals surface area contributed by atoms with Gasteiger partial charge in [0.25, 0.3) is 0 Å². The lowest BCUT2D eigenvalue weighted by Gasteiger charge is -2.23. The molecule has 4 nitrogen and oxygen atoms in total. The molecule has 0 fully saturated rings. The van der Waals surface area contributed by atoms with Gasteiger partial charge in [0.2, 0.25) is 0 Å². The SMILES string of the molecule is CCCNC(COCCC)C(C)S(C)(=O)=O. The van der Waals surface area contributed by atoms with Gasteiger partial charge >= 0.3 is 0 Å². The zero-order valence-electron chi connectivity index (χ0n) is 10.8. The molecule has 2 atom stereocenters. The van der Waals surface area contributed by atoms with Gasteiger partial charge in [-0.1, -0.05) is 13.8 Å². The van der Waals surface area contributed by atoms with Crippen molar-refractivity contribution in [3.63, 3.8) is 0 Å². The third-order valence-corrected chi connectivity index (χ3v) is 4.22. The number of hydrogen-bond acceptors (Lipinski definition) is 4. The highest BCUT2D eigenvalue weighted by Crippen LogP contribution is 2.05. The average molecular weight is 251 g/mol. The molecule has 0 aliphatic heterocycles. The first kappa shape index (κ1) is 15.9. The molecule has 0 bridgehead atoms. The van der Waals surface area contributed by atoms with E-state index in [2.05, 4.69) is 12.2 Å². The van der Waals surface area contributed by atoms with Gasteiger partial charge in [-0.15, -0.1) is 0 Å². The zero-order valence-corrected chi connectivity index (χ0v) is 11.6. The van der Waals surface area contributed by atoms with Crippen LogP contribution in [0.4, 0.5) is 0 Å². The van der Waals surface area contributed by atoms with Crippen molar-refractivity contribution in [2.24, 2.45) is 0 Å². The van der Waals surface area contributed by atoms with Crippen LogP contribution in [0.25, 0.3) is 0 Å². The van der Waals surface area contributed by atoms with Crippen molar-refractivity contribution in [2.75, 3.05) is 26.0 Å². The normalized spacial score (nSPS) is 16.0. The fourth-order valence-electron chi connectivity index (χ4n) is 1.34. The maximum Gasteiger partial charge on any atom is 0.151 e. The van der Waals surface area contributed by atoms with E-state index in [0.717, 1.165) is 19.4 Å². The van der Waals surface area contributed by atoms with E-state index in [0.29, 0.717) is 13.2 Å². The van der Waals surface area contributed by atoms with Gasteiger partial charge in [-0.25, -0.2) is 8.42 Å². The molecule has 0 aliphatic carbocycles. The standard InChI is InChI=1S/C11H25NO3S/c1-5-7-12-11(9-15-8-6-2)10(3)16(4,13)14/h10-12H,5-9H2,1-4H3. The van der Waals surface area contributed by atoms with Crippen molar-refractivity contribution in [2.45, 2.75) is 44.9 Å². The molecule has 0 spiro atoms. The van der Waals surface area contributed by atoms with Crippen LogP contribution in [0.15, 0.2) is 0 Å². The molecular formula is C11H25NO3S. The predicted octanol–water partition coefficient (Wildman–Crippen LogP) is 1.21. The lowest BCUT2D eigenvalue weighted by molar-refractivity contribution is 0.111. The Kier molecular flexibility index (Phi) is 7.97. The van der Waals surface area contributed by atoms with E-state index < -0.39 is 15.1 Å². The van der Waals surface area contributed by atoms with Gasteiger partial charge < -0.3 is 10.1 Å². The summed E-state index contributed by atoms with van der Waals surface area (Å²) in [5, 5.41) is 2.82. The zero-order chi connectivity index (χ0) is 12.6. The molecule has 16 heavy (non-hydrogen) atoms. The van der Waals surface area contributed by atoms with E-state index >= 15 is 0 Å². The van der Waals surface area contributed by atoms with E-state index in [1.54, 1.807) is 6.92 Å². The summed E-state index contributed by atoms with van der Waals surface area (Å²) in [5.74, 6) is 0. The Balaban J connectivity index is 4.29. The second-order valence-electron chi connectivity index (χ2n) is 4.17. The van der Waals surface area contributed by atoms with E-state index in [1.165, 1.54) is 6.26 Å². The first-order valence-electron chi connectivity index (χ1n) is 5.93. The summed E-state index contributed by atoms with van der Waals surface area (Å²) in [6.45, 7) is 7.79. The van der Waals surface area contributed by atoms with Gasteiger partial charge in [0, 0.05) is 18.9 Å².